The van der Waals surface area contributed by atoms with Crippen LogP contribution in [0.25, 0.3) is 22.3 Å². The van der Waals surface area contributed by atoms with Crippen LogP contribution in [0.1, 0.15) is 61.0 Å². The SMILES string of the molecule is COc1ccc(CNC(=O)c2c(-c3ccccc3)c(-c3ccc(F)cc3)c(CC[C@@H](O)C[C@@H](O)CC(=O)[O-])n2C(C)C)nc1. The molecule has 2 aromatic heterocycles. The Hall–Kier alpha value is -4.54. The number of aliphatic hydroxyl groups is 2. The number of aromatic nitrogens is 2. The number of nitrogens with zero attached hydrogens (tertiary/aromatic N) is 2. The molecule has 4 aromatic rings. The standard InChI is InChI=1S/C34H38FN3O6/c1-21(2)38-29(16-14-26(39)17-27(40)18-30(41)42)31(23-9-11-24(35)12-10-23)32(22-7-5-4-6-8-22)33(38)34(43)37-19-25-13-15-28(44-3)20-36-25/h4-13,15,20-21,26-27,39-40H,14,16-19H2,1-3H3,(H,37,43)(H,41,42)/p-1/t26-,27-/m1/s1. The number of carbonyl (C=O) groups is 2. The second-order valence-electron chi connectivity index (χ2n) is 10.9. The summed E-state index contributed by atoms with van der Waals surface area (Å²) in [5.41, 5.74) is 4.64. The van der Waals surface area contributed by atoms with Gasteiger partial charge in [-0.3, -0.25) is 9.78 Å². The lowest BCUT2D eigenvalue weighted by atomic mass is 9.92. The van der Waals surface area contributed by atoms with Crippen molar-refractivity contribution in [3.8, 4) is 28.0 Å². The maximum Gasteiger partial charge on any atom is 0.268 e. The second kappa shape index (κ2) is 14.8. The molecule has 0 radical (unpaired) electrons. The number of hydrogen-bond donors (Lipinski definition) is 3. The van der Waals surface area contributed by atoms with E-state index < -0.39 is 30.4 Å². The summed E-state index contributed by atoms with van der Waals surface area (Å²) in [6.07, 6.45) is -0.942. The number of aliphatic hydroxyl groups excluding tert-OH is 2. The molecule has 0 saturated heterocycles. The number of benzene rings is 2. The molecule has 2 heterocycles. The Balaban J connectivity index is 1.83. The molecule has 1 amide bonds. The maximum atomic E-state index is 14.1. The summed E-state index contributed by atoms with van der Waals surface area (Å²) >= 11 is 0. The van der Waals surface area contributed by atoms with Gasteiger partial charge < -0.3 is 34.7 Å². The molecule has 0 saturated carbocycles. The Morgan fingerprint density at radius 3 is 2.25 bits per heavy atom. The summed E-state index contributed by atoms with van der Waals surface area (Å²) in [7, 11) is 1.55. The Morgan fingerprint density at radius 1 is 0.977 bits per heavy atom. The van der Waals surface area contributed by atoms with Crippen molar-refractivity contribution in [1.82, 2.24) is 14.9 Å². The van der Waals surface area contributed by atoms with Crippen LogP contribution in [0, 0.1) is 5.82 Å². The van der Waals surface area contributed by atoms with E-state index in [1.54, 1.807) is 37.6 Å². The number of methoxy groups -OCH3 is 1. The van der Waals surface area contributed by atoms with Gasteiger partial charge in [0, 0.05) is 35.3 Å². The molecule has 10 heteroatoms. The van der Waals surface area contributed by atoms with E-state index in [4.69, 9.17) is 4.74 Å². The van der Waals surface area contributed by atoms with Crippen molar-refractivity contribution < 1.29 is 34.0 Å². The topological polar surface area (TPSA) is 137 Å². The molecule has 0 unspecified atom stereocenters. The largest absolute Gasteiger partial charge is 0.550 e. The van der Waals surface area contributed by atoms with Gasteiger partial charge in [-0.15, -0.1) is 0 Å². The number of aliphatic carboxylic acids is 1. The van der Waals surface area contributed by atoms with E-state index in [-0.39, 0.29) is 37.8 Å². The van der Waals surface area contributed by atoms with E-state index >= 15 is 0 Å². The van der Waals surface area contributed by atoms with Crippen LogP contribution >= 0.6 is 0 Å². The number of pyridine rings is 1. The predicted molar refractivity (Wildman–Crippen MR) is 162 cm³/mol. The molecule has 2 atom stereocenters. The quantitative estimate of drug-likeness (QED) is 0.198. The first-order valence-electron chi connectivity index (χ1n) is 14.5. The van der Waals surface area contributed by atoms with Crippen molar-refractivity contribution in [2.24, 2.45) is 0 Å². The number of ether oxygens (including phenoxy) is 1. The van der Waals surface area contributed by atoms with Crippen molar-refractivity contribution in [2.75, 3.05) is 7.11 Å². The van der Waals surface area contributed by atoms with Crippen LogP contribution in [0.3, 0.4) is 0 Å². The summed E-state index contributed by atoms with van der Waals surface area (Å²) in [4.78, 5) is 29.4. The minimum absolute atomic E-state index is 0.143. The number of hydrogen-bond acceptors (Lipinski definition) is 7. The van der Waals surface area contributed by atoms with E-state index in [0.717, 1.165) is 16.8 Å². The molecule has 2 aromatic carbocycles. The van der Waals surface area contributed by atoms with Gasteiger partial charge in [-0.05, 0) is 68.5 Å². The molecular weight excluding hydrogens is 565 g/mol. The molecule has 4 rings (SSSR count). The van der Waals surface area contributed by atoms with Crippen molar-refractivity contribution >= 4 is 11.9 Å². The van der Waals surface area contributed by atoms with Gasteiger partial charge in [0.05, 0.1) is 37.8 Å². The summed E-state index contributed by atoms with van der Waals surface area (Å²) in [5, 5.41) is 34.7. The minimum Gasteiger partial charge on any atom is -0.550 e. The lowest BCUT2D eigenvalue weighted by Crippen LogP contribution is -2.29. The van der Waals surface area contributed by atoms with Gasteiger partial charge in [0.25, 0.3) is 5.91 Å². The predicted octanol–water partition coefficient (Wildman–Crippen LogP) is 4.06. The number of rotatable bonds is 14. The molecule has 3 N–H and O–H groups in total. The highest BCUT2D eigenvalue weighted by molar-refractivity contribution is 6.05. The average molecular weight is 603 g/mol. The third-order valence-corrected chi connectivity index (χ3v) is 7.36. The number of halogens is 1. The number of carboxylic acids is 1. The van der Waals surface area contributed by atoms with Gasteiger partial charge in [-0.25, -0.2) is 4.39 Å². The van der Waals surface area contributed by atoms with Gasteiger partial charge in [0.1, 0.15) is 17.3 Å². The van der Waals surface area contributed by atoms with E-state index in [0.29, 0.717) is 28.3 Å². The van der Waals surface area contributed by atoms with Gasteiger partial charge in [0.15, 0.2) is 0 Å². The zero-order valence-corrected chi connectivity index (χ0v) is 25.0. The molecule has 232 valence electrons. The molecule has 0 aliphatic rings. The fourth-order valence-corrected chi connectivity index (χ4v) is 5.39. The molecule has 9 nitrogen and oxygen atoms in total. The van der Waals surface area contributed by atoms with E-state index in [9.17, 15) is 29.3 Å². The zero-order valence-electron chi connectivity index (χ0n) is 25.0. The van der Waals surface area contributed by atoms with Crippen molar-refractivity contribution in [2.45, 2.75) is 64.3 Å². The third kappa shape index (κ3) is 7.89. The lowest BCUT2D eigenvalue weighted by molar-refractivity contribution is -0.307. The van der Waals surface area contributed by atoms with Crippen LogP contribution in [0.4, 0.5) is 4.39 Å². The smallest absolute Gasteiger partial charge is 0.268 e. The monoisotopic (exact) mass is 602 g/mol. The third-order valence-electron chi connectivity index (χ3n) is 7.36. The summed E-state index contributed by atoms with van der Waals surface area (Å²) < 4.78 is 21.2. The average Bonchev–Trinajstić information content (AvgIpc) is 3.35. The first-order chi connectivity index (χ1) is 21.1. The minimum atomic E-state index is -1.40. The summed E-state index contributed by atoms with van der Waals surface area (Å²) in [5.74, 6) is -1.54. The molecule has 0 aliphatic carbocycles. The van der Waals surface area contributed by atoms with E-state index in [1.165, 1.54) is 12.1 Å². The summed E-state index contributed by atoms with van der Waals surface area (Å²) in [6.45, 7) is 4.07. The molecular formula is C34H37FN3O6-. The van der Waals surface area contributed by atoms with Crippen LogP contribution in [0.2, 0.25) is 0 Å². The Morgan fingerprint density at radius 2 is 1.66 bits per heavy atom. The molecule has 0 bridgehead atoms. The first-order valence-corrected chi connectivity index (χ1v) is 14.5. The number of carbonyl (C=O) groups excluding carboxylic acids is 2. The molecule has 0 aliphatic heterocycles. The normalized spacial score (nSPS) is 12.6. The van der Waals surface area contributed by atoms with Crippen LogP contribution in [-0.2, 0) is 17.8 Å². The Kier molecular flexibility index (Phi) is 10.9. The molecule has 0 spiro atoms. The highest BCUT2D eigenvalue weighted by atomic mass is 19.1. The number of carboxylic acid groups (broad SMARTS) is 1. The number of amides is 1. The fourth-order valence-electron chi connectivity index (χ4n) is 5.39. The van der Waals surface area contributed by atoms with Crippen LogP contribution in [0.15, 0.2) is 72.9 Å². The lowest BCUT2D eigenvalue weighted by Gasteiger charge is -2.20. The Labute approximate surface area is 256 Å². The van der Waals surface area contributed by atoms with Crippen molar-refractivity contribution in [3.05, 3.63) is 95.8 Å². The Bertz CT molecular complexity index is 1550. The van der Waals surface area contributed by atoms with Gasteiger partial charge in [0.2, 0.25) is 0 Å². The van der Waals surface area contributed by atoms with E-state index in [1.807, 2.05) is 48.7 Å². The molecule has 0 fully saturated rings. The fraction of sp³-hybridized carbons (Fsp3) is 0.324. The van der Waals surface area contributed by atoms with Gasteiger partial charge >= 0.3 is 0 Å². The van der Waals surface area contributed by atoms with Crippen molar-refractivity contribution in [3.63, 3.8) is 0 Å². The van der Waals surface area contributed by atoms with Crippen LogP contribution in [0.5, 0.6) is 5.75 Å². The van der Waals surface area contributed by atoms with Crippen molar-refractivity contribution in [1.29, 1.82) is 0 Å². The van der Waals surface area contributed by atoms with Gasteiger partial charge in [-0.2, -0.15) is 0 Å². The van der Waals surface area contributed by atoms with Crippen LogP contribution in [-0.4, -0.2) is 51.0 Å². The molecule has 44 heavy (non-hydrogen) atoms. The van der Waals surface area contributed by atoms with Crippen LogP contribution < -0.4 is 15.2 Å². The van der Waals surface area contributed by atoms with Gasteiger partial charge in [-0.1, -0.05) is 42.5 Å². The first kappa shape index (κ1) is 32.4. The second-order valence-corrected chi connectivity index (χ2v) is 10.9. The van der Waals surface area contributed by atoms with E-state index in [2.05, 4.69) is 10.3 Å². The maximum absolute atomic E-state index is 14.1. The zero-order chi connectivity index (χ0) is 31.8. The summed E-state index contributed by atoms with van der Waals surface area (Å²) in [6, 6.07) is 18.8. The highest BCUT2D eigenvalue weighted by Gasteiger charge is 2.30. The highest BCUT2D eigenvalue weighted by Crippen LogP contribution is 2.42. The number of nitrogens with one attached hydrogen (secondary N) is 1.